The number of hydrogen-bond donors (Lipinski definition) is 3. The number of non-ortho nitro benzene ring substituents is 1. The first kappa shape index (κ1) is 62.8. The third kappa shape index (κ3) is 11.6. The van der Waals surface area contributed by atoms with Crippen LogP contribution in [0.4, 0.5) is 15.3 Å². The summed E-state index contributed by atoms with van der Waals surface area (Å²) in [5.41, 5.74) is 10.3. The number of esters is 2. The summed E-state index contributed by atoms with van der Waals surface area (Å²) in [6, 6.07) is 23.9. The monoisotopic (exact) mass is 1280 g/mol. The van der Waals surface area contributed by atoms with Crippen molar-refractivity contribution < 1.29 is 43.4 Å². The van der Waals surface area contributed by atoms with Crippen LogP contribution in [0, 0.1) is 45.6 Å². The second-order valence-corrected chi connectivity index (χ2v) is 27.8. The summed E-state index contributed by atoms with van der Waals surface area (Å²) in [5.74, 6) is 6.56. The number of ether oxygens (including phenoxy) is 3. The van der Waals surface area contributed by atoms with E-state index in [0.29, 0.717) is 53.3 Å². The molecular formula is C71H84Cl2N8O10. The first-order valence-electron chi connectivity index (χ1n) is 33.1. The lowest BCUT2D eigenvalue weighted by atomic mass is 9.65. The number of phenolic OH excluding ortho intramolecular Hbond substituents is 1. The van der Waals surface area contributed by atoms with Crippen LogP contribution in [-0.4, -0.2) is 133 Å². The zero-order valence-electron chi connectivity index (χ0n) is 52.9. The molecule has 4 aromatic carbocycles. The summed E-state index contributed by atoms with van der Waals surface area (Å²) in [6.07, 6.45) is 13.4. The predicted molar refractivity (Wildman–Crippen MR) is 352 cm³/mol. The maximum absolute atomic E-state index is 13.8. The molecule has 9 fully saturated rings. The third-order valence-corrected chi connectivity index (χ3v) is 22.2. The van der Waals surface area contributed by atoms with Crippen LogP contribution in [0.25, 0.3) is 32.7 Å². The number of nitrogens with zero attached hydrogens (tertiary/aromatic N) is 6. The van der Waals surface area contributed by atoms with Gasteiger partial charge in [0, 0.05) is 147 Å². The number of aromatic hydroxyl groups is 1. The van der Waals surface area contributed by atoms with Crippen LogP contribution in [-0.2, 0) is 28.9 Å². The highest BCUT2D eigenvalue weighted by Crippen LogP contribution is 2.55. The van der Waals surface area contributed by atoms with Crippen molar-refractivity contribution in [3.05, 3.63) is 123 Å². The second-order valence-electron chi connectivity index (χ2n) is 27.0. The largest absolute Gasteiger partial charge is 0.508 e. The molecule has 12 bridgehead atoms. The van der Waals surface area contributed by atoms with Gasteiger partial charge in [-0.2, -0.15) is 0 Å². The summed E-state index contributed by atoms with van der Waals surface area (Å²) in [6.45, 7) is 16.5. The van der Waals surface area contributed by atoms with E-state index < -0.39 is 17.0 Å². The van der Waals surface area contributed by atoms with Crippen LogP contribution in [0.2, 0.25) is 0 Å². The van der Waals surface area contributed by atoms with E-state index in [9.17, 15) is 34.4 Å². The maximum Gasteiger partial charge on any atom is 0.424 e. The minimum Gasteiger partial charge on any atom is -0.508 e. The van der Waals surface area contributed by atoms with Crippen LogP contribution >= 0.6 is 23.2 Å². The van der Waals surface area contributed by atoms with Crippen LogP contribution in [0.5, 0.6) is 23.0 Å². The Balaban J connectivity index is 0.000000125. The number of halogens is 2. The van der Waals surface area contributed by atoms with Gasteiger partial charge >= 0.3 is 24.1 Å². The van der Waals surface area contributed by atoms with E-state index in [1.165, 1.54) is 130 Å². The summed E-state index contributed by atoms with van der Waals surface area (Å²) >= 11 is 9.53. The first-order chi connectivity index (χ1) is 44.0. The number of fused-ring (bicyclic) bond motifs is 12. The molecule has 20 heteroatoms. The molecule has 9 aliphatic heterocycles. The summed E-state index contributed by atoms with van der Waals surface area (Å²) < 4.78 is 20.1. The highest BCUT2D eigenvalue weighted by molar-refractivity contribution is 6.40. The molecule has 482 valence electrons. The Morgan fingerprint density at radius 1 is 0.593 bits per heavy atom. The fourth-order valence-corrected chi connectivity index (χ4v) is 19.1. The minimum absolute atomic E-state index is 0.0649. The Morgan fingerprint density at radius 3 is 1.56 bits per heavy atom. The van der Waals surface area contributed by atoms with Crippen molar-refractivity contribution in [3.8, 4) is 23.0 Å². The molecule has 3 aliphatic carbocycles. The van der Waals surface area contributed by atoms with Crippen molar-refractivity contribution >= 4 is 85.7 Å². The zero-order valence-corrected chi connectivity index (χ0v) is 54.4. The van der Waals surface area contributed by atoms with E-state index in [1.807, 2.05) is 41.0 Å². The SMILES string of the molecule is CC[C@H]1C[C@H]2C[C@H]3c4[nH]c5ccc(OC(C)=O)cc5c4CCN(C2)C13.CC[C@H]1C[C@H]2C[C@H]3c4c(c5cc(O)ccc5n4C(=O)NC)CCN(C2)C13.CC[C@H]1C[C@H]2C[C@H]3c4c(c5cc(OC(C)=O)ccc5n4C(=O)Oc4ccc([N+](=O)[O-])cc4)CCN(C2)C13.ClCCl. The fourth-order valence-electron chi connectivity index (χ4n) is 19.1. The summed E-state index contributed by atoms with van der Waals surface area (Å²) in [4.78, 5) is 71.9. The normalized spacial score (nSPS) is 29.0. The van der Waals surface area contributed by atoms with E-state index >= 15 is 0 Å². The Kier molecular flexibility index (Phi) is 17.8. The van der Waals surface area contributed by atoms with Gasteiger partial charge in [-0.3, -0.25) is 39.0 Å². The molecule has 3 aromatic heterocycles. The van der Waals surface area contributed by atoms with E-state index in [-0.39, 0.29) is 40.4 Å². The lowest BCUT2D eigenvalue weighted by Gasteiger charge is -2.53. The van der Waals surface area contributed by atoms with Crippen molar-refractivity contribution in [2.45, 2.75) is 148 Å². The number of amides is 1. The number of phenols is 1. The molecule has 12 heterocycles. The van der Waals surface area contributed by atoms with Crippen LogP contribution < -0.4 is 19.5 Å². The van der Waals surface area contributed by atoms with Gasteiger partial charge in [0.05, 0.1) is 21.3 Å². The number of hydrogen-bond acceptors (Lipinski definition) is 13. The van der Waals surface area contributed by atoms with Gasteiger partial charge in [0.1, 0.15) is 23.0 Å². The Bertz CT molecular complexity index is 3950. The number of nitro groups is 1. The second kappa shape index (κ2) is 25.9. The van der Waals surface area contributed by atoms with E-state index in [4.69, 9.17) is 37.4 Å². The lowest BCUT2D eigenvalue weighted by molar-refractivity contribution is -0.384. The van der Waals surface area contributed by atoms with E-state index in [0.717, 1.165) is 115 Å². The van der Waals surface area contributed by atoms with Gasteiger partial charge in [-0.15, -0.1) is 23.2 Å². The van der Waals surface area contributed by atoms with Crippen molar-refractivity contribution in [3.63, 3.8) is 0 Å². The van der Waals surface area contributed by atoms with Gasteiger partial charge in [-0.25, -0.2) is 14.2 Å². The maximum atomic E-state index is 13.8. The lowest BCUT2D eigenvalue weighted by Crippen LogP contribution is -2.56. The molecule has 15 atom stereocenters. The van der Waals surface area contributed by atoms with Crippen LogP contribution in [0.3, 0.4) is 0 Å². The minimum atomic E-state index is -0.539. The number of alkyl halides is 2. The molecule has 3 N–H and O–H groups in total. The first-order valence-corrected chi connectivity index (χ1v) is 34.2. The van der Waals surface area contributed by atoms with Gasteiger partial charge in [-0.05, 0) is 177 Å². The molecule has 0 spiro atoms. The van der Waals surface area contributed by atoms with Crippen molar-refractivity contribution in [1.82, 2.24) is 34.1 Å². The van der Waals surface area contributed by atoms with Gasteiger partial charge in [0.15, 0.2) is 0 Å². The predicted octanol–water partition coefficient (Wildman–Crippen LogP) is 13.9. The molecule has 18 nitrogen and oxygen atoms in total. The van der Waals surface area contributed by atoms with E-state index in [1.54, 1.807) is 23.7 Å². The van der Waals surface area contributed by atoms with Crippen molar-refractivity contribution in [2.75, 3.05) is 51.7 Å². The number of aromatic amines is 1. The zero-order chi connectivity index (χ0) is 63.7. The molecule has 7 aromatic rings. The average Bonchev–Trinajstić information content (AvgIpc) is 1.61. The molecule has 12 aliphatic rings. The number of carbonyl (C=O) groups excluding carboxylic acids is 4. The van der Waals surface area contributed by atoms with Crippen LogP contribution in [0.15, 0.2) is 78.9 Å². The molecule has 91 heavy (non-hydrogen) atoms. The van der Waals surface area contributed by atoms with Crippen molar-refractivity contribution in [2.24, 2.45) is 35.5 Å². The molecule has 6 saturated heterocycles. The number of nitro benzene ring substituents is 1. The number of carbonyl (C=O) groups is 4. The Hall–Kier alpha value is -6.96. The average molecular weight is 1280 g/mol. The highest BCUT2D eigenvalue weighted by Gasteiger charge is 2.53. The fraction of sp³-hybridized carbons (Fsp3) is 0.521. The Morgan fingerprint density at radius 2 is 1.04 bits per heavy atom. The van der Waals surface area contributed by atoms with Crippen molar-refractivity contribution in [1.29, 1.82) is 0 Å². The molecule has 0 radical (unpaired) electrons. The van der Waals surface area contributed by atoms with Gasteiger partial charge < -0.3 is 29.6 Å². The topological polar surface area (TPSA) is 207 Å². The quantitative estimate of drug-likeness (QED) is 0.0447. The molecule has 19 rings (SSSR count). The highest BCUT2D eigenvalue weighted by atomic mass is 35.5. The number of aromatic nitrogens is 3. The number of H-pyrrole nitrogens is 1. The number of rotatable bonds is 7. The summed E-state index contributed by atoms with van der Waals surface area (Å²) in [5, 5.41) is 27.3. The van der Waals surface area contributed by atoms with E-state index in [2.05, 4.69) is 51.8 Å². The number of benzene rings is 4. The summed E-state index contributed by atoms with van der Waals surface area (Å²) in [7, 11) is 1.70. The standard InChI is InChI=1S/C28H29N3O6.C21H27N3O2.C21H26N2O2.CH2Cl2/c1-3-18-12-17-13-24-26(18)29(15-17)11-10-22-23-14-21(36-16(2)32)8-9-25(23)30(27(22)24)28(33)37-20-6-4-19(5-7-20)31(34)35;1-3-13-8-12-9-17-19(13)23(11-12)7-6-15-16-10-14(25)4-5-18(16)24(20(15)17)21(26)22-2;1-3-14-8-13-9-18-20-16(6-7-23(11-13)21(14)18)17-10-15(25-12(2)24)4-5-19(17)22-20;2-1-3/h4-9,14,17-18,24,26H,3,10-13,15H2,1-2H3;4-5,10,12-13,17,19,25H,3,6-9,11H2,1-2H3,(H,22,26);4-5,10,13-14,18,21-22H,3,6-9,11H2,1-2H3;1H2/t17-,18-,24+,26?;12-,13-,17+,19?;13-,14-,18-,21?;/m000./s1. The molecule has 1 amide bonds. The van der Waals surface area contributed by atoms with Crippen LogP contribution in [0.1, 0.15) is 144 Å². The number of piperidine rings is 6. The molecule has 3 saturated carbocycles. The third-order valence-electron chi connectivity index (χ3n) is 22.2. The molecular weight excluding hydrogens is 1200 g/mol. The Labute approximate surface area is 540 Å². The smallest absolute Gasteiger partial charge is 0.424 e. The molecule has 6 unspecified atom stereocenters. The number of nitrogens with one attached hydrogen (secondary N) is 2. The van der Waals surface area contributed by atoms with Gasteiger partial charge in [0.2, 0.25) is 0 Å². The van der Waals surface area contributed by atoms with Gasteiger partial charge in [-0.1, -0.05) is 40.0 Å². The van der Waals surface area contributed by atoms with Gasteiger partial charge in [0.25, 0.3) is 5.69 Å².